The topological polar surface area (TPSA) is 94.6 Å². The predicted octanol–water partition coefficient (Wildman–Crippen LogP) is 0.690. The van der Waals surface area contributed by atoms with Crippen molar-refractivity contribution in [3.8, 4) is 0 Å². The number of methoxy groups -OCH3 is 1. The molecule has 0 aliphatic heterocycles. The van der Waals surface area contributed by atoms with E-state index in [9.17, 15) is 9.59 Å². The molecule has 6 nitrogen and oxygen atoms in total. The van der Waals surface area contributed by atoms with E-state index in [0.717, 1.165) is 0 Å². The van der Waals surface area contributed by atoms with Crippen molar-refractivity contribution in [2.24, 2.45) is 5.73 Å². The van der Waals surface area contributed by atoms with Crippen LogP contribution >= 0.6 is 11.8 Å². The number of nitrogens with two attached hydrogens (primary N) is 1. The zero-order valence-electron chi connectivity index (χ0n) is 10.9. The number of ether oxygens (including phenoxy) is 1. The fraction of sp³-hybridized carbons (Fsp3) is 0.500. The second-order valence-corrected chi connectivity index (χ2v) is 4.98. The highest BCUT2D eigenvalue weighted by Gasteiger charge is 2.15. The first-order valence-corrected chi connectivity index (χ1v) is 6.94. The molecular weight excluding hydrogens is 268 g/mol. The first-order chi connectivity index (χ1) is 9.04. The van der Waals surface area contributed by atoms with Crippen LogP contribution in [0.25, 0.3) is 0 Å². The van der Waals surface area contributed by atoms with Crippen LogP contribution in [-0.4, -0.2) is 36.5 Å². The van der Waals surface area contributed by atoms with Gasteiger partial charge in [0, 0.05) is 5.75 Å². The molecule has 0 aliphatic rings. The molecule has 0 saturated carbocycles. The van der Waals surface area contributed by atoms with Gasteiger partial charge >= 0.3 is 5.97 Å². The molecule has 3 N–H and O–H groups in total. The normalized spacial score (nSPS) is 13.6. The van der Waals surface area contributed by atoms with E-state index in [-0.39, 0.29) is 17.7 Å². The summed E-state index contributed by atoms with van der Waals surface area (Å²) < 4.78 is 9.67. The number of carbonyl (C=O) groups excluding carboxylic acids is 2. The largest absolute Gasteiger partial charge is 0.468 e. The lowest BCUT2D eigenvalue weighted by Gasteiger charge is -2.12. The standard InChI is InChI=1S/C12H18N2O4S/c1-8(10-4-3-5-18-10)14-11(15)7-19-6-9(13)12(16)17-2/h3-5,8-9H,6-7,13H2,1-2H3,(H,14,15). The number of nitrogens with one attached hydrogen (secondary N) is 1. The fourth-order valence-electron chi connectivity index (χ4n) is 1.39. The Morgan fingerprint density at radius 2 is 2.32 bits per heavy atom. The monoisotopic (exact) mass is 286 g/mol. The van der Waals surface area contributed by atoms with Gasteiger partial charge in [0.25, 0.3) is 0 Å². The van der Waals surface area contributed by atoms with Crippen molar-refractivity contribution in [3.63, 3.8) is 0 Å². The fourth-order valence-corrected chi connectivity index (χ4v) is 2.17. The summed E-state index contributed by atoms with van der Waals surface area (Å²) in [4.78, 5) is 22.7. The summed E-state index contributed by atoms with van der Waals surface area (Å²) in [6.07, 6.45) is 1.56. The van der Waals surface area contributed by atoms with E-state index in [1.807, 2.05) is 6.92 Å². The Morgan fingerprint density at radius 3 is 2.89 bits per heavy atom. The minimum Gasteiger partial charge on any atom is -0.468 e. The third kappa shape index (κ3) is 5.35. The number of thioether (sulfide) groups is 1. The minimum absolute atomic E-state index is 0.133. The zero-order chi connectivity index (χ0) is 14.3. The van der Waals surface area contributed by atoms with E-state index in [2.05, 4.69) is 10.1 Å². The lowest BCUT2D eigenvalue weighted by molar-refractivity contribution is -0.141. The molecular formula is C12H18N2O4S. The number of hydrogen-bond donors (Lipinski definition) is 2. The van der Waals surface area contributed by atoms with Crippen LogP contribution in [0.3, 0.4) is 0 Å². The van der Waals surface area contributed by atoms with Crippen molar-refractivity contribution < 1.29 is 18.7 Å². The summed E-state index contributed by atoms with van der Waals surface area (Å²) in [6.45, 7) is 1.83. The van der Waals surface area contributed by atoms with Gasteiger partial charge in [0.1, 0.15) is 11.8 Å². The average molecular weight is 286 g/mol. The quantitative estimate of drug-likeness (QED) is 0.716. The molecule has 1 aromatic heterocycles. The molecule has 0 spiro atoms. The zero-order valence-corrected chi connectivity index (χ0v) is 11.7. The maximum atomic E-state index is 11.6. The number of furan rings is 1. The van der Waals surface area contributed by atoms with Crippen molar-refractivity contribution in [2.75, 3.05) is 18.6 Å². The molecule has 7 heteroatoms. The molecule has 2 atom stereocenters. The van der Waals surface area contributed by atoms with E-state index in [1.165, 1.54) is 18.9 Å². The Labute approximate surface area is 116 Å². The van der Waals surface area contributed by atoms with Gasteiger partial charge in [0.15, 0.2) is 0 Å². The number of amides is 1. The molecule has 0 bridgehead atoms. The van der Waals surface area contributed by atoms with Gasteiger partial charge in [0.05, 0.1) is 25.2 Å². The van der Waals surface area contributed by atoms with Crippen LogP contribution in [0.2, 0.25) is 0 Å². The summed E-state index contributed by atoms with van der Waals surface area (Å²) in [5.74, 6) is 0.665. The molecule has 0 aromatic carbocycles. The molecule has 0 fully saturated rings. The Bertz CT molecular complexity index is 408. The molecule has 2 unspecified atom stereocenters. The van der Waals surface area contributed by atoms with E-state index >= 15 is 0 Å². The smallest absolute Gasteiger partial charge is 0.323 e. The van der Waals surface area contributed by atoms with Crippen LogP contribution in [0, 0.1) is 0 Å². The first-order valence-electron chi connectivity index (χ1n) is 5.78. The Balaban J connectivity index is 2.23. The number of rotatable bonds is 7. The highest BCUT2D eigenvalue weighted by atomic mass is 32.2. The van der Waals surface area contributed by atoms with Crippen molar-refractivity contribution >= 4 is 23.6 Å². The van der Waals surface area contributed by atoms with Crippen molar-refractivity contribution in [2.45, 2.75) is 19.0 Å². The van der Waals surface area contributed by atoms with Crippen LogP contribution in [-0.2, 0) is 14.3 Å². The van der Waals surface area contributed by atoms with Crippen LogP contribution in [0.1, 0.15) is 18.7 Å². The third-order valence-corrected chi connectivity index (χ3v) is 3.44. The highest BCUT2D eigenvalue weighted by Crippen LogP contribution is 2.12. The highest BCUT2D eigenvalue weighted by molar-refractivity contribution is 8.00. The van der Waals surface area contributed by atoms with Gasteiger partial charge < -0.3 is 20.2 Å². The summed E-state index contributed by atoms with van der Waals surface area (Å²) in [5, 5.41) is 2.79. The predicted molar refractivity (Wildman–Crippen MR) is 72.6 cm³/mol. The summed E-state index contributed by atoms with van der Waals surface area (Å²) >= 11 is 1.28. The van der Waals surface area contributed by atoms with Crippen LogP contribution in [0.15, 0.2) is 22.8 Å². The first kappa shape index (κ1) is 15.6. The SMILES string of the molecule is COC(=O)C(N)CSCC(=O)NC(C)c1ccco1. The Kier molecular flexibility index (Phi) is 6.44. The maximum absolute atomic E-state index is 11.6. The molecule has 1 heterocycles. The van der Waals surface area contributed by atoms with Crippen molar-refractivity contribution in [1.82, 2.24) is 5.32 Å². The van der Waals surface area contributed by atoms with Gasteiger partial charge in [-0.15, -0.1) is 11.8 Å². The van der Waals surface area contributed by atoms with Gasteiger partial charge in [0.2, 0.25) is 5.91 Å². The van der Waals surface area contributed by atoms with Crippen molar-refractivity contribution in [1.29, 1.82) is 0 Å². The molecule has 1 amide bonds. The summed E-state index contributed by atoms with van der Waals surface area (Å²) in [6, 6.07) is 2.68. The van der Waals surface area contributed by atoms with Crippen molar-refractivity contribution in [3.05, 3.63) is 24.2 Å². The average Bonchev–Trinajstić information content (AvgIpc) is 2.91. The molecule has 19 heavy (non-hydrogen) atoms. The van der Waals surface area contributed by atoms with E-state index < -0.39 is 12.0 Å². The molecule has 0 aliphatic carbocycles. The van der Waals surface area contributed by atoms with E-state index in [0.29, 0.717) is 11.5 Å². The summed E-state index contributed by atoms with van der Waals surface area (Å²) in [7, 11) is 1.28. The van der Waals surface area contributed by atoms with Gasteiger partial charge in [-0.1, -0.05) is 0 Å². The second-order valence-electron chi connectivity index (χ2n) is 3.95. The maximum Gasteiger partial charge on any atom is 0.323 e. The molecule has 0 radical (unpaired) electrons. The molecule has 1 aromatic rings. The Hall–Kier alpha value is -1.47. The second kappa shape index (κ2) is 7.85. The third-order valence-electron chi connectivity index (χ3n) is 2.38. The summed E-state index contributed by atoms with van der Waals surface area (Å²) in [5.41, 5.74) is 5.55. The minimum atomic E-state index is -0.703. The molecule has 106 valence electrons. The molecule has 1 rings (SSSR count). The lowest BCUT2D eigenvalue weighted by Crippen LogP contribution is -2.35. The van der Waals surface area contributed by atoms with Crippen LogP contribution < -0.4 is 11.1 Å². The number of carbonyl (C=O) groups is 2. The van der Waals surface area contributed by atoms with E-state index in [4.69, 9.17) is 10.2 Å². The number of esters is 1. The molecule has 0 saturated heterocycles. The lowest BCUT2D eigenvalue weighted by atomic mass is 10.2. The van der Waals surface area contributed by atoms with Crippen LogP contribution in [0.5, 0.6) is 0 Å². The Morgan fingerprint density at radius 1 is 1.58 bits per heavy atom. The van der Waals surface area contributed by atoms with Gasteiger partial charge in [-0.3, -0.25) is 9.59 Å². The van der Waals surface area contributed by atoms with Gasteiger partial charge in [-0.25, -0.2) is 0 Å². The van der Waals surface area contributed by atoms with E-state index in [1.54, 1.807) is 18.4 Å². The van der Waals surface area contributed by atoms with Crippen LogP contribution in [0.4, 0.5) is 0 Å². The van der Waals surface area contributed by atoms with Gasteiger partial charge in [-0.2, -0.15) is 0 Å². The number of hydrogen-bond acceptors (Lipinski definition) is 6. The van der Waals surface area contributed by atoms with Gasteiger partial charge in [-0.05, 0) is 19.1 Å².